The summed E-state index contributed by atoms with van der Waals surface area (Å²) in [6, 6.07) is 3.62. The lowest BCUT2D eigenvalue weighted by molar-refractivity contribution is 0.106. The summed E-state index contributed by atoms with van der Waals surface area (Å²) in [5.74, 6) is 0.142. The van der Waals surface area contributed by atoms with Crippen LogP contribution in [0.1, 0.15) is 30.7 Å². The second-order valence-corrected chi connectivity index (χ2v) is 6.50. The molecule has 8 heteroatoms. The van der Waals surface area contributed by atoms with E-state index in [9.17, 15) is 4.79 Å². The molecule has 3 rings (SSSR count). The first-order valence-electron chi connectivity index (χ1n) is 7.99. The Morgan fingerprint density at radius 1 is 1.24 bits per heavy atom. The van der Waals surface area contributed by atoms with Crippen molar-refractivity contribution in [1.29, 1.82) is 0 Å². The Labute approximate surface area is 155 Å². The number of nitrogen functional groups attached to an aromatic ring is 1. The molecule has 0 radical (unpaired) electrons. The van der Waals surface area contributed by atoms with E-state index in [-0.39, 0.29) is 12.0 Å². The number of fused-ring (bicyclic) bond motifs is 1. The van der Waals surface area contributed by atoms with Gasteiger partial charge in [0.2, 0.25) is 5.95 Å². The molecule has 25 heavy (non-hydrogen) atoms. The molecule has 0 spiro atoms. The van der Waals surface area contributed by atoms with Gasteiger partial charge in [-0.2, -0.15) is 0 Å². The van der Waals surface area contributed by atoms with Gasteiger partial charge in [-0.05, 0) is 31.0 Å². The van der Waals surface area contributed by atoms with Gasteiger partial charge in [-0.3, -0.25) is 4.90 Å². The third-order valence-electron chi connectivity index (χ3n) is 4.10. The Morgan fingerprint density at radius 3 is 2.68 bits per heavy atom. The second-order valence-electron chi connectivity index (χ2n) is 5.69. The molecule has 1 aliphatic heterocycles. The summed E-state index contributed by atoms with van der Waals surface area (Å²) >= 11 is 12.6. The number of nitrogens with two attached hydrogens (primary N) is 1. The molecule has 6 nitrogen and oxygen atoms in total. The van der Waals surface area contributed by atoms with Crippen molar-refractivity contribution in [1.82, 2.24) is 14.9 Å². The largest absolute Gasteiger partial charge is 0.450 e. The molecular formula is C17H18Cl2N4O2. The van der Waals surface area contributed by atoms with Crippen molar-refractivity contribution >= 4 is 35.2 Å². The molecule has 2 aromatic rings. The van der Waals surface area contributed by atoms with Crippen LogP contribution in [0.2, 0.25) is 10.0 Å². The number of aromatic nitrogens is 2. The zero-order valence-electron chi connectivity index (χ0n) is 14.0. The molecule has 0 saturated heterocycles. The van der Waals surface area contributed by atoms with Crippen molar-refractivity contribution in [3.63, 3.8) is 0 Å². The molecule has 0 saturated carbocycles. The second kappa shape index (κ2) is 7.06. The fourth-order valence-corrected chi connectivity index (χ4v) is 3.49. The molecule has 1 aromatic carbocycles. The highest BCUT2D eigenvalue weighted by molar-refractivity contribution is 6.36. The molecule has 132 valence electrons. The highest BCUT2D eigenvalue weighted by atomic mass is 35.5. The van der Waals surface area contributed by atoms with Gasteiger partial charge in [0.25, 0.3) is 0 Å². The van der Waals surface area contributed by atoms with E-state index in [1.54, 1.807) is 17.9 Å². The molecule has 0 aliphatic carbocycles. The van der Waals surface area contributed by atoms with E-state index in [1.165, 1.54) is 0 Å². The van der Waals surface area contributed by atoms with Crippen LogP contribution in [0.15, 0.2) is 12.1 Å². The Balaban J connectivity index is 2.08. The van der Waals surface area contributed by atoms with E-state index in [4.69, 9.17) is 33.7 Å². The third-order valence-corrected chi connectivity index (χ3v) is 4.76. The maximum atomic E-state index is 12.0. The van der Waals surface area contributed by atoms with Crippen molar-refractivity contribution in [2.24, 2.45) is 0 Å². The van der Waals surface area contributed by atoms with E-state index < -0.39 is 0 Å². The van der Waals surface area contributed by atoms with Gasteiger partial charge in [-0.15, -0.1) is 0 Å². The maximum absolute atomic E-state index is 12.0. The highest BCUT2D eigenvalue weighted by Gasteiger charge is 2.30. The quantitative estimate of drug-likeness (QED) is 0.867. The highest BCUT2D eigenvalue weighted by Crippen LogP contribution is 2.37. The summed E-state index contributed by atoms with van der Waals surface area (Å²) in [5.41, 5.74) is 9.74. The molecule has 0 unspecified atom stereocenters. The van der Waals surface area contributed by atoms with Crippen LogP contribution in [0.5, 0.6) is 0 Å². The van der Waals surface area contributed by atoms with E-state index in [0.717, 1.165) is 23.1 Å². The van der Waals surface area contributed by atoms with Gasteiger partial charge >= 0.3 is 6.09 Å². The normalized spacial score (nSPS) is 13.0. The Hall–Kier alpha value is -2.05. The van der Waals surface area contributed by atoms with Crippen LogP contribution in [0.4, 0.5) is 10.7 Å². The number of ether oxygens (including phenoxy) is 1. The van der Waals surface area contributed by atoms with Crippen LogP contribution in [-0.2, 0) is 24.2 Å². The minimum absolute atomic E-state index is 0.142. The van der Waals surface area contributed by atoms with E-state index in [0.29, 0.717) is 41.1 Å². The zero-order chi connectivity index (χ0) is 18.1. The van der Waals surface area contributed by atoms with Crippen molar-refractivity contribution in [2.75, 3.05) is 12.3 Å². The summed E-state index contributed by atoms with van der Waals surface area (Å²) in [7, 11) is 0. The maximum Gasteiger partial charge on any atom is 0.410 e. The van der Waals surface area contributed by atoms with Gasteiger partial charge in [0.1, 0.15) is 0 Å². The number of benzene rings is 1. The molecule has 1 aliphatic rings. The van der Waals surface area contributed by atoms with E-state index >= 15 is 0 Å². The fourth-order valence-electron chi connectivity index (χ4n) is 2.89. The fraction of sp³-hybridized carbons (Fsp3) is 0.353. The van der Waals surface area contributed by atoms with Crippen LogP contribution in [0.25, 0.3) is 11.3 Å². The van der Waals surface area contributed by atoms with Crippen molar-refractivity contribution in [3.8, 4) is 11.3 Å². The summed E-state index contributed by atoms with van der Waals surface area (Å²) in [6.07, 6.45) is 0.377. The first kappa shape index (κ1) is 17.8. The lowest BCUT2D eigenvalue weighted by Gasteiger charge is -2.14. The minimum Gasteiger partial charge on any atom is -0.450 e. The topological polar surface area (TPSA) is 81.3 Å². The molecule has 0 bridgehead atoms. The number of halogens is 2. The molecule has 1 amide bonds. The van der Waals surface area contributed by atoms with Crippen molar-refractivity contribution in [2.45, 2.75) is 33.4 Å². The minimum atomic E-state index is -0.388. The predicted octanol–water partition coefficient (Wildman–Crippen LogP) is 4.07. The number of carbonyl (C=O) groups excluding carboxylic acids is 1. The van der Waals surface area contributed by atoms with E-state index in [1.807, 2.05) is 13.0 Å². The van der Waals surface area contributed by atoms with Gasteiger partial charge in [-0.1, -0.05) is 30.1 Å². The predicted molar refractivity (Wildman–Crippen MR) is 97.5 cm³/mol. The molecule has 0 atom stereocenters. The Kier molecular flexibility index (Phi) is 5.01. The molecule has 2 N–H and O–H groups in total. The Morgan fingerprint density at radius 2 is 2.00 bits per heavy atom. The number of hydrogen-bond acceptors (Lipinski definition) is 5. The summed E-state index contributed by atoms with van der Waals surface area (Å²) in [6.45, 7) is 4.78. The monoisotopic (exact) mass is 380 g/mol. The SMILES string of the molecule is CCOC(=O)N1Cc2nc(N)nc(-c3cc(CC)c(Cl)cc3Cl)c2C1. The summed E-state index contributed by atoms with van der Waals surface area (Å²) in [4.78, 5) is 22.3. The number of amides is 1. The van der Waals surface area contributed by atoms with Gasteiger partial charge in [0.05, 0.1) is 36.1 Å². The first-order chi connectivity index (χ1) is 11.9. The van der Waals surface area contributed by atoms with Gasteiger partial charge < -0.3 is 10.5 Å². The number of nitrogens with zero attached hydrogens (tertiary/aromatic N) is 3. The smallest absolute Gasteiger partial charge is 0.410 e. The third kappa shape index (κ3) is 3.37. The Bertz CT molecular complexity index is 842. The average molecular weight is 381 g/mol. The van der Waals surface area contributed by atoms with Gasteiger partial charge in [0, 0.05) is 16.1 Å². The zero-order valence-corrected chi connectivity index (χ0v) is 15.5. The average Bonchev–Trinajstić information content (AvgIpc) is 2.98. The standard InChI is InChI=1S/C17H18Cl2N4O2/c1-3-9-5-10(13(19)6-12(9)18)15-11-7-23(17(24)25-4-2)8-14(11)21-16(20)22-15/h5-6H,3-4,7-8H2,1-2H3,(H2,20,21,22). The number of hydrogen-bond donors (Lipinski definition) is 1. The number of anilines is 1. The lowest BCUT2D eigenvalue weighted by Crippen LogP contribution is -2.26. The molecular weight excluding hydrogens is 363 g/mol. The summed E-state index contributed by atoms with van der Waals surface area (Å²) in [5, 5.41) is 1.10. The molecule has 0 fully saturated rings. The lowest BCUT2D eigenvalue weighted by atomic mass is 10.0. The summed E-state index contributed by atoms with van der Waals surface area (Å²) < 4.78 is 5.07. The van der Waals surface area contributed by atoms with Gasteiger partial charge in [0.15, 0.2) is 0 Å². The first-order valence-corrected chi connectivity index (χ1v) is 8.75. The molecule has 2 heterocycles. The van der Waals surface area contributed by atoms with Crippen LogP contribution < -0.4 is 5.73 Å². The van der Waals surface area contributed by atoms with Crippen molar-refractivity contribution in [3.05, 3.63) is 39.0 Å². The number of rotatable bonds is 3. The van der Waals surface area contributed by atoms with Crippen LogP contribution in [-0.4, -0.2) is 27.6 Å². The molecule has 1 aromatic heterocycles. The number of aryl methyl sites for hydroxylation is 1. The van der Waals surface area contributed by atoms with E-state index in [2.05, 4.69) is 9.97 Å². The van der Waals surface area contributed by atoms with Crippen LogP contribution in [0.3, 0.4) is 0 Å². The number of carbonyl (C=O) groups is 1. The van der Waals surface area contributed by atoms with Crippen LogP contribution >= 0.6 is 23.2 Å². The van der Waals surface area contributed by atoms with Crippen molar-refractivity contribution < 1.29 is 9.53 Å². The van der Waals surface area contributed by atoms with Crippen LogP contribution in [0, 0.1) is 0 Å². The van der Waals surface area contributed by atoms with Gasteiger partial charge in [-0.25, -0.2) is 14.8 Å².